The smallest absolute Gasteiger partial charge is 0.306 e. The average molecular weight is 327 g/mol. The number of carbonyl (C=O) groups excluding carboxylic acids is 2. The number of carbonyl (C=O) groups is 2. The van der Waals surface area contributed by atoms with Gasteiger partial charge in [0.1, 0.15) is 0 Å². The summed E-state index contributed by atoms with van der Waals surface area (Å²) in [6, 6.07) is 1.77. The summed E-state index contributed by atoms with van der Waals surface area (Å²) in [6.45, 7) is 3.43. The molecule has 2 rings (SSSR count). The minimum absolute atomic E-state index is 0.0348. The maximum atomic E-state index is 12.1. The summed E-state index contributed by atoms with van der Waals surface area (Å²) in [5, 5.41) is 0. The van der Waals surface area contributed by atoms with Crippen LogP contribution in [-0.2, 0) is 26.4 Å². The highest BCUT2D eigenvalue weighted by molar-refractivity contribution is 7.91. The third-order valence-electron chi connectivity index (χ3n) is 4.22. The van der Waals surface area contributed by atoms with Gasteiger partial charge in [0.15, 0.2) is 16.4 Å². The van der Waals surface area contributed by atoms with Crippen LogP contribution in [0.25, 0.3) is 0 Å². The van der Waals surface area contributed by atoms with Crippen LogP contribution in [0, 0.1) is 19.8 Å². The summed E-state index contributed by atoms with van der Waals surface area (Å²) in [4.78, 5) is 23.8. The van der Waals surface area contributed by atoms with E-state index in [-0.39, 0.29) is 36.2 Å². The SMILES string of the molecule is Cc1cc(C(=O)COC(=O)C[C@@H]2CCS(=O)(=O)C2)c(C)n1C. The van der Waals surface area contributed by atoms with Crippen molar-refractivity contribution in [3.05, 3.63) is 23.0 Å². The van der Waals surface area contributed by atoms with Crippen molar-refractivity contribution < 1.29 is 22.7 Å². The van der Waals surface area contributed by atoms with E-state index in [1.807, 2.05) is 25.5 Å². The number of hydrogen-bond acceptors (Lipinski definition) is 5. The lowest BCUT2D eigenvalue weighted by Crippen LogP contribution is -2.18. The standard InChI is InChI=1S/C15H21NO5S/c1-10-6-13(11(2)16(10)3)14(17)8-21-15(18)7-12-4-5-22(19,20)9-12/h6,12H,4-5,7-9H2,1-3H3/t12-/m0/s1. The van der Waals surface area contributed by atoms with Gasteiger partial charge in [-0.05, 0) is 32.3 Å². The molecular weight excluding hydrogens is 306 g/mol. The zero-order chi connectivity index (χ0) is 16.5. The predicted molar refractivity (Wildman–Crippen MR) is 81.6 cm³/mol. The highest BCUT2D eigenvalue weighted by Gasteiger charge is 2.30. The minimum atomic E-state index is -3.00. The molecule has 0 amide bonds. The highest BCUT2D eigenvalue weighted by atomic mass is 32.2. The van der Waals surface area contributed by atoms with Crippen molar-refractivity contribution in [2.75, 3.05) is 18.1 Å². The topological polar surface area (TPSA) is 82.4 Å². The van der Waals surface area contributed by atoms with E-state index in [2.05, 4.69) is 0 Å². The number of sulfone groups is 1. The maximum absolute atomic E-state index is 12.1. The Kier molecular flexibility index (Phi) is 4.75. The van der Waals surface area contributed by atoms with Crippen molar-refractivity contribution in [2.45, 2.75) is 26.7 Å². The normalized spacial score (nSPS) is 20.0. The first-order chi connectivity index (χ1) is 10.2. The molecule has 0 spiro atoms. The summed E-state index contributed by atoms with van der Waals surface area (Å²) >= 11 is 0. The van der Waals surface area contributed by atoms with Crippen LogP contribution in [0.2, 0.25) is 0 Å². The first-order valence-electron chi connectivity index (χ1n) is 7.22. The van der Waals surface area contributed by atoms with Crippen LogP contribution >= 0.6 is 0 Å². The van der Waals surface area contributed by atoms with E-state index in [9.17, 15) is 18.0 Å². The molecule has 122 valence electrons. The minimum Gasteiger partial charge on any atom is -0.457 e. The van der Waals surface area contributed by atoms with Gasteiger partial charge in [-0.3, -0.25) is 9.59 Å². The molecule has 0 saturated carbocycles. The van der Waals surface area contributed by atoms with E-state index in [0.29, 0.717) is 12.0 Å². The number of Topliss-reactive ketones (excluding diaryl/α,β-unsaturated/α-hetero) is 1. The van der Waals surface area contributed by atoms with Gasteiger partial charge in [-0.2, -0.15) is 0 Å². The number of aryl methyl sites for hydroxylation is 1. The third-order valence-corrected chi connectivity index (χ3v) is 6.06. The molecule has 1 aliphatic rings. The Hall–Kier alpha value is -1.63. The van der Waals surface area contributed by atoms with Gasteiger partial charge in [0, 0.05) is 30.4 Å². The van der Waals surface area contributed by atoms with Gasteiger partial charge in [0.05, 0.1) is 11.5 Å². The van der Waals surface area contributed by atoms with Crippen LogP contribution < -0.4 is 0 Å². The van der Waals surface area contributed by atoms with Gasteiger partial charge in [-0.15, -0.1) is 0 Å². The van der Waals surface area contributed by atoms with Crippen LogP contribution in [-0.4, -0.2) is 42.9 Å². The number of aromatic nitrogens is 1. The highest BCUT2D eigenvalue weighted by Crippen LogP contribution is 2.22. The Labute approximate surface area is 130 Å². The first-order valence-corrected chi connectivity index (χ1v) is 9.04. The molecule has 6 nitrogen and oxygen atoms in total. The number of nitrogens with zero attached hydrogens (tertiary/aromatic N) is 1. The molecule has 0 unspecified atom stereocenters. The van der Waals surface area contributed by atoms with E-state index < -0.39 is 15.8 Å². The molecule has 0 radical (unpaired) electrons. The Bertz CT molecular complexity index is 702. The van der Waals surface area contributed by atoms with Crippen LogP contribution in [0.4, 0.5) is 0 Å². The van der Waals surface area contributed by atoms with Crippen molar-refractivity contribution in [1.82, 2.24) is 4.57 Å². The summed E-state index contributed by atoms with van der Waals surface area (Å²) in [5.74, 6) is -0.776. The molecule has 2 heterocycles. The van der Waals surface area contributed by atoms with E-state index in [4.69, 9.17) is 4.74 Å². The Morgan fingerprint density at radius 3 is 2.55 bits per heavy atom. The summed E-state index contributed by atoms with van der Waals surface area (Å²) in [6.07, 6.45) is 0.543. The van der Waals surface area contributed by atoms with Gasteiger partial charge in [-0.25, -0.2) is 8.42 Å². The quantitative estimate of drug-likeness (QED) is 0.599. The molecule has 1 aromatic rings. The Morgan fingerprint density at radius 1 is 1.36 bits per heavy atom. The molecule has 1 aliphatic heterocycles. The number of ether oxygens (including phenoxy) is 1. The van der Waals surface area contributed by atoms with Crippen molar-refractivity contribution >= 4 is 21.6 Å². The van der Waals surface area contributed by atoms with E-state index in [1.165, 1.54) is 0 Å². The van der Waals surface area contributed by atoms with E-state index >= 15 is 0 Å². The lowest BCUT2D eigenvalue weighted by Gasteiger charge is -2.08. The molecule has 0 bridgehead atoms. The summed E-state index contributed by atoms with van der Waals surface area (Å²) < 4.78 is 29.6. The largest absolute Gasteiger partial charge is 0.457 e. The van der Waals surface area contributed by atoms with Crippen molar-refractivity contribution in [2.24, 2.45) is 13.0 Å². The fourth-order valence-electron chi connectivity index (χ4n) is 2.69. The molecule has 1 aromatic heterocycles. The monoisotopic (exact) mass is 327 g/mol. The van der Waals surface area contributed by atoms with Crippen molar-refractivity contribution in [1.29, 1.82) is 0 Å². The number of hydrogen-bond donors (Lipinski definition) is 0. The van der Waals surface area contributed by atoms with Gasteiger partial charge >= 0.3 is 5.97 Å². The Morgan fingerprint density at radius 2 is 2.05 bits per heavy atom. The van der Waals surface area contributed by atoms with Crippen molar-refractivity contribution in [3.8, 4) is 0 Å². The molecule has 7 heteroatoms. The number of rotatable bonds is 5. The van der Waals surface area contributed by atoms with Crippen LogP contribution in [0.1, 0.15) is 34.6 Å². The summed E-state index contributed by atoms with van der Waals surface area (Å²) in [7, 11) is -1.13. The van der Waals surface area contributed by atoms with Gasteiger partial charge < -0.3 is 9.30 Å². The molecule has 1 fully saturated rings. The lowest BCUT2D eigenvalue weighted by molar-refractivity contribution is -0.143. The fourth-order valence-corrected chi connectivity index (χ4v) is 4.55. The molecule has 0 aromatic carbocycles. The third kappa shape index (κ3) is 3.76. The molecule has 1 saturated heterocycles. The zero-order valence-corrected chi connectivity index (χ0v) is 13.9. The molecular formula is C15H21NO5S. The van der Waals surface area contributed by atoms with E-state index in [1.54, 1.807) is 6.07 Å². The number of ketones is 1. The zero-order valence-electron chi connectivity index (χ0n) is 13.1. The first kappa shape index (κ1) is 16.7. The van der Waals surface area contributed by atoms with Gasteiger partial charge in [0.2, 0.25) is 5.78 Å². The van der Waals surface area contributed by atoms with Gasteiger partial charge in [-0.1, -0.05) is 0 Å². The second-order valence-corrected chi connectivity index (χ2v) is 8.13. The second-order valence-electron chi connectivity index (χ2n) is 5.90. The predicted octanol–water partition coefficient (Wildman–Crippen LogP) is 1.19. The fraction of sp³-hybridized carbons (Fsp3) is 0.600. The van der Waals surface area contributed by atoms with Crippen LogP contribution in [0.5, 0.6) is 0 Å². The average Bonchev–Trinajstić information content (AvgIpc) is 2.90. The summed E-state index contributed by atoms with van der Waals surface area (Å²) in [5.41, 5.74) is 2.35. The lowest BCUT2D eigenvalue weighted by atomic mass is 10.1. The maximum Gasteiger partial charge on any atom is 0.306 e. The Balaban J connectivity index is 1.86. The van der Waals surface area contributed by atoms with Crippen LogP contribution in [0.15, 0.2) is 6.07 Å². The van der Waals surface area contributed by atoms with Crippen molar-refractivity contribution in [3.63, 3.8) is 0 Å². The molecule has 22 heavy (non-hydrogen) atoms. The van der Waals surface area contributed by atoms with E-state index in [0.717, 1.165) is 11.4 Å². The second kappa shape index (κ2) is 6.24. The molecule has 1 atom stereocenters. The number of esters is 1. The van der Waals surface area contributed by atoms with Gasteiger partial charge in [0.25, 0.3) is 0 Å². The molecule has 0 aliphatic carbocycles. The molecule has 0 N–H and O–H groups in total. The van der Waals surface area contributed by atoms with Crippen LogP contribution in [0.3, 0.4) is 0 Å².